The van der Waals surface area contributed by atoms with Crippen molar-refractivity contribution < 1.29 is 14.5 Å². The van der Waals surface area contributed by atoms with E-state index in [2.05, 4.69) is 65.1 Å². The van der Waals surface area contributed by atoms with Gasteiger partial charge in [-0.1, -0.05) is 62.9 Å². The van der Waals surface area contributed by atoms with Crippen LogP contribution < -0.4 is 9.67 Å². The van der Waals surface area contributed by atoms with E-state index >= 15 is 0 Å². The summed E-state index contributed by atoms with van der Waals surface area (Å²) in [6.45, 7) is 5.35. The minimum absolute atomic E-state index is 0.963. The monoisotopic (exact) mass is 330 g/mol. The van der Waals surface area contributed by atoms with Gasteiger partial charge in [-0.15, -0.1) is 0 Å². The Labute approximate surface area is 145 Å². The lowest BCUT2D eigenvalue weighted by molar-refractivity contribution is -0.687. The standard InChI is InChI=1S/C18H27N2.C2H4O2/c1-2-3-4-5-6-10-13-19-14-15-20(17-19)16-18-11-8-7-9-12-18;1-2(3)4/h7-9,11-12,14-15,17H,2-6,10,13,16H2,1H3;1H3,(H,3,4)/q+1;/p-1. The SMILES string of the molecule is CC(=O)[O-].CCCCCCCCn1cc[n+](Cc2ccccc2)c1. The molecule has 0 unspecified atom stereocenters. The molecule has 0 radical (unpaired) electrons. The smallest absolute Gasteiger partial charge is 0.244 e. The number of hydrogen-bond donors (Lipinski definition) is 0. The lowest BCUT2D eigenvalue weighted by atomic mass is 10.1. The van der Waals surface area contributed by atoms with E-state index in [1.54, 1.807) is 0 Å². The van der Waals surface area contributed by atoms with Crippen molar-refractivity contribution in [1.29, 1.82) is 0 Å². The second kappa shape index (κ2) is 12.3. The molecule has 0 amide bonds. The maximum Gasteiger partial charge on any atom is 0.244 e. The molecule has 0 fully saturated rings. The third kappa shape index (κ3) is 9.82. The van der Waals surface area contributed by atoms with Crippen molar-refractivity contribution in [2.24, 2.45) is 0 Å². The Morgan fingerprint density at radius 1 is 1.08 bits per heavy atom. The first-order valence-corrected chi connectivity index (χ1v) is 8.88. The van der Waals surface area contributed by atoms with Crippen LogP contribution in [0.4, 0.5) is 0 Å². The molecular formula is C20H30N2O2. The Kier molecular flexibility index (Phi) is 10.3. The van der Waals surface area contributed by atoms with Gasteiger partial charge in [0.1, 0.15) is 18.9 Å². The summed E-state index contributed by atoms with van der Waals surface area (Å²) in [6.07, 6.45) is 14.7. The Balaban J connectivity index is 0.000000648. The first-order valence-electron chi connectivity index (χ1n) is 8.88. The second-order valence-corrected chi connectivity index (χ2v) is 6.07. The number of rotatable bonds is 9. The molecule has 0 aliphatic carbocycles. The highest BCUT2D eigenvalue weighted by Gasteiger charge is 2.04. The molecular weight excluding hydrogens is 300 g/mol. The van der Waals surface area contributed by atoms with Crippen molar-refractivity contribution in [1.82, 2.24) is 4.57 Å². The van der Waals surface area contributed by atoms with E-state index in [-0.39, 0.29) is 0 Å². The summed E-state index contributed by atoms with van der Waals surface area (Å²) in [5.74, 6) is -1.08. The van der Waals surface area contributed by atoms with E-state index in [4.69, 9.17) is 9.90 Å². The van der Waals surface area contributed by atoms with Crippen LogP contribution in [-0.4, -0.2) is 10.5 Å². The Bertz CT molecular complexity index is 560. The van der Waals surface area contributed by atoms with Crippen LogP contribution >= 0.6 is 0 Å². The summed E-state index contributed by atoms with van der Waals surface area (Å²) in [7, 11) is 0. The normalized spacial score (nSPS) is 10.1. The number of imidazole rings is 1. The second-order valence-electron chi connectivity index (χ2n) is 6.07. The summed E-state index contributed by atoms with van der Waals surface area (Å²) in [6, 6.07) is 10.6. The maximum atomic E-state index is 8.89. The van der Waals surface area contributed by atoms with E-state index < -0.39 is 5.97 Å². The number of aliphatic carboxylic acids is 1. The largest absolute Gasteiger partial charge is 0.550 e. The van der Waals surface area contributed by atoms with Crippen molar-refractivity contribution in [3.63, 3.8) is 0 Å². The zero-order valence-electron chi connectivity index (χ0n) is 15.0. The minimum atomic E-state index is -1.08. The van der Waals surface area contributed by atoms with Crippen LogP contribution in [0.3, 0.4) is 0 Å². The number of aryl methyl sites for hydroxylation is 1. The van der Waals surface area contributed by atoms with E-state index in [0.717, 1.165) is 20.0 Å². The number of nitrogens with zero attached hydrogens (tertiary/aromatic N) is 2. The van der Waals surface area contributed by atoms with E-state index in [1.165, 1.54) is 44.1 Å². The molecule has 132 valence electrons. The number of carbonyl (C=O) groups is 1. The predicted molar refractivity (Wildman–Crippen MR) is 94.2 cm³/mol. The van der Waals surface area contributed by atoms with Crippen LogP contribution in [0.5, 0.6) is 0 Å². The number of carboxylic acids is 1. The number of carboxylic acid groups (broad SMARTS) is 1. The van der Waals surface area contributed by atoms with Crippen molar-refractivity contribution in [2.45, 2.75) is 65.5 Å². The highest BCUT2D eigenvalue weighted by atomic mass is 16.4. The van der Waals surface area contributed by atoms with Gasteiger partial charge in [-0.3, -0.25) is 0 Å². The zero-order chi connectivity index (χ0) is 17.6. The Hall–Kier alpha value is -2.10. The van der Waals surface area contributed by atoms with Crippen LogP contribution in [-0.2, 0) is 17.9 Å². The molecule has 0 bridgehead atoms. The zero-order valence-corrected chi connectivity index (χ0v) is 15.0. The van der Waals surface area contributed by atoms with Gasteiger partial charge >= 0.3 is 0 Å². The highest BCUT2D eigenvalue weighted by molar-refractivity contribution is 5.60. The summed E-state index contributed by atoms with van der Waals surface area (Å²) in [5, 5.41) is 8.89. The van der Waals surface area contributed by atoms with Gasteiger partial charge in [0.25, 0.3) is 0 Å². The predicted octanol–water partition coefficient (Wildman–Crippen LogP) is 2.94. The molecule has 1 heterocycles. The number of unbranched alkanes of at least 4 members (excludes halogenated alkanes) is 5. The Morgan fingerprint density at radius 2 is 1.71 bits per heavy atom. The number of aromatic nitrogens is 2. The van der Waals surface area contributed by atoms with Crippen LogP contribution in [0.2, 0.25) is 0 Å². The van der Waals surface area contributed by atoms with Gasteiger partial charge in [0.15, 0.2) is 0 Å². The van der Waals surface area contributed by atoms with Gasteiger partial charge in [0.05, 0.1) is 6.54 Å². The molecule has 1 aromatic carbocycles. The molecule has 0 saturated carbocycles. The van der Waals surface area contributed by atoms with Crippen LogP contribution in [0, 0.1) is 0 Å². The quantitative estimate of drug-likeness (QED) is 0.524. The Morgan fingerprint density at radius 3 is 2.38 bits per heavy atom. The molecule has 0 spiro atoms. The topological polar surface area (TPSA) is 48.9 Å². The molecule has 2 rings (SSSR count). The van der Waals surface area contributed by atoms with Gasteiger partial charge in [-0.2, -0.15) is 0 Å². The molecule has 4 nitrogen and oxygen atoms in total. The third-order valence-corrected chi connectivity index (χ3v) is 3.72. The van der Waals surface area contributed by atoms with Crippen molar-refractivity contribution >= 4 is 5.97 Å². The highest BCUT2D eigenvalue weighted by Crippen LogP contribution is 2.06. The van der Waals surface area contributed by atoms with Crippen LogP contribution in [0.1, 0.15) is 57.9 Å². The first-order chi connectivity index (χ1) is 11.6. The lowest BCUT2D eigenvalue weighted by Crippen LogP contribution is -2.31. The lowest BCUT2D eigenvalue weighted by Gasteiger charge is -1.99. The summed E-state index contributed by atoms with van der Waals surface area (Å²) in [4.78, 5) is 8.89. The molecule has 0 saturated heterocycles. The van der Waals surface area contributed by atoms with Gasteiger partial charge in [-0.25, -0.2) is 9.13 Å². The molecule has 0 N–H and O–H groups in total. The van der Waals surface area contributed by atoms with Gasteiger partial charge < -0.3 is 9.90 Å². The van der Waals surface area contributed by atoms with Crippen molar-refractivity contribution in [3.8, 4) is 0 Å². The third-order valence-electron chi connectivity index (χ3n) is 3.72. The van der Waals surface area contributed by atoms with E-state index in [9.17, 15) is 0 Å². The molecule has 1 aromatic heterocycles. The minimum Gasteiger partial charge on any atom is -0.550 e. The maximum absolute atomic E-state index is 8.89. The van der Waals surface area contributed by atoms with Gasteiger partial charge in [0, 0.05) is 5.97 Å². The van der Waals surface area contributed by atoms with Gasteiger partial charge in [-0.05, 0) is 25.3 Å². The summed E-state index contributed by atoms with van der Waals surface area (Å²) >= 11 is 0. The number of hydrogen-bond acceptors (Lipinski definition) is 2. The van der Waals surface area contributed by atoms with Crippen molar-refractivity contribution in [2.75, 3.05) is 0 Å². The summed E-state index contributed by atoms with van der Waals surface area (Å²) < 4.78 is 4.56. The average molecular weight is 330 g/mol. The van der Waals surface area contributed by atoms with Crippen LogP contribution in [0.25, 0.3) is 0 Å². The molecule has 0 aliphatic rings. The summed E-state index contributed by atoms with van der Waals surface area (Å²) in [5.41, 5.74) is 1.36. The fraction of sp³-hybridized carbons (Fsp3) is 0.500. The van der Waals surface area contributed by atoms with Crippen LogP contribution in [0.15, 0.2) is 49.1 Å². The molecule has 24 heavy (non-hydrogen) atoms. The van der Waals surface area contributed by atoms with E-state index in [0.29, 0.717) is 0 Å². The number of benzene rings is 1. The number of carbonyl (C=O) groups excluding carboxylic acids is 1. The van der Waals surface area contributed by atoms with E-state index in [1.807, 2.05) is 0 Å². The van der Waals surface area contributed by atoms with Crippen molar-refractivity contribution in [3.05, 3.63) is 54.6 Å². The fourth-order valence-corrected chi connectivity index (χ4v) is 2.53. The molecule has 0 aliphatic heterocycles. The molecule has 0 atom stereocenters. The first kappa shape index (κ1) is 19.9. The fourth-order valence-electron chi connectivity index (χ4n) is 2.53. The molecule has 4 heteroatoms. The van der Waals surface area contributed by atoms with Gasteiger partial charge in [0.2, 0.25) is 6.33 Å². The average Bonchev–Trinajstić information content (AvgIpc) is 2.98. The molecule has 2 aromatic rings.